The van der Waals surface area contributed by atoms with Gasteiger partial charge in [0.25, 0.3) is 0 Å². The van der Waals surface area contributed by atoms with Gasteiger partial charge in [-0.3, -0.25) is 9.52 Å². The maximum Gasteiger partial charge on any atom is 0.241 e. The smallest absolute Gasteiger partial charge is 0.241 e. The van der Waals surface area contributed by atoms with Crippen LogP contribution in [0, 0.1) is 5.92 Å². The summed E-state index contributed by atoms with van der Waals surface area (Å²) in [4.78, 5) is 11.9. The van der Waals surface area contributed by atoms with E-state index in [0.29, 0.717) is 5.69 Å². The molecular formula is C13H20ClN3O3S. The molecule has 0 bridgehead atoms. The number of nitrogens with one attached hydrogen (secondary N) is 2. The maximum atomic E-state index is 11.9. The summed E-state index contributed by atoms with van der Waals surface area (Å²) in [5, 5.41) is 2.85. The van der Waals surface area contributed by atoms with Crippen molar-refractivity contribution >= 4 is 38.9 Å². The minimum Gasteiger partial charge on any atom is -0.325 e. The van der Waals surface area contributed by atoms with Crippen molar-refractivity contribution in [2.75, 3.05) is 16.3 Å². The molecule has 1 unspecified atom stereocenters. The minimum atomic E-state index is -3.41. The quantitative estimate of drug-likeness (QED) is 0.741. The average Bonchev–Trinajstić information content (AvgIpc) is 2.38. The van der Waals surface area contributed by atoms with Gasteiger partial charge in [-0.25, -0.2) is 8.42 Å². The van der Waals surface area contributed by atoms with Crippen LogP contribution < -0.4 is 15.8 Å². The second kappa shape index (κ2) is 7.11. The van der Waals surface area contributed by atoms with Crippen LogP contribution in [0.4, 0.5) is 11.4 Å². The number of amides is 1. The van der Waals surface area contributed by atoms with Gasteiger partial charge >= 0.3 is 0 Å². The number of rotatable bonds is 6. The lowest BCUT2D eigenvalue weighted by atomic mass is 9.99. The summed E-state index contributed by atoms with van der Waals surface area (Å²) in [5.41, 5.74) is 6.55. The fourth-order valence-corrected chi connectivity index (χ4v) is 2.47. The van der Waals surface area contributed by atoms with Gasteiger partial charge in [-0.2, -0.15) is 0 Å². The third-order valence-electron chi connectivity index (χ3n) is 3.09. The van der Waals surface area contributed by atoms with Crippen LogP contribution in [0.15, 0.2) is 18.2 Å². The van der Waals surface area contributed by atoms with E-state index < -0.39 is 16.1 Å². The Kier molecular flexibility index (Phi) is 6.00. The van der Waals surface area contributed by atoms with Gasteiger partial charge in [-0.1, -0.05) is 31.9 Å². The van der Waals surface area contributed by atoms with Crippen LogP contribution in [0.1, 0.15) is 20.3 Å². The topological polar surface area (TPSA) is 101 Å². The van der Waals surface area contributed by atoms with Crippen LogP contribution >= 0.6 is 11.6 Å². The van der Waals surface area contributed by atoms with E-state index in [1.807, 2.05) is 13.8 Å². The van der Waals surface area contributed by atoms with Crippen molar-refractivity contribution in [1.82, 2.24) is 0 Å². The Morgan fingerprint density at radius 3 is 2.52 bits per heavy atom. The molecule has 0 aromatic heterocycles. The third-order valence-corrected chi connectivity index (χ3v) is 4.00. The second-order valence-corrected chi connectivity index (χ2v) is 7.13. The summed E-state index contributed by atoms with van der Waals surface area (Å²) in [7, 11) is -3.41. The highest BCUT2D eigenvalue weighted by Gasteiger charge is 2.19. The Hall–Kier alpha value is -1.31. The fraction of sp³-hybridized carbons (Fsp3) is 0.462. The van der Waals surface area contributed by atoms with Crippen molar-refractivity contribution in [1.29, 1.82) is 0 Å². The third kappa shape index (κ3) is 5.53. The molecule has 2 atom stereocenters. The van der Waals surface area contributed by atoms with E-state index in [4.69, 9.17) is 17.3 Å². The molecule has 1 aromatic rings. The van der Waals surface area contributed by atoms with E-state index in [2.05, 4.69) is 10.0 Å². The first-order valence-corrected chi connectivity index (χ1v) is 8.74. The van der Waals surface area contributed by atoms with Gasteiger partial charge in [0.05, 0.1) is 23.0 Å². The molecular weight excluding hydrogens is 314 g/mol. The summed E-state index contributed by atoms with van der Waals surface area (Å²) < 4.78 is 24.6. The van der Waals surface area contributed by atoms with Gasteiger partial charge in [-0.05, 0) is 24.1 Å². The number of carbonyl (C=O) groups excluding carboxylic acids is 1. The van der Waals surface area contributed by atoms with Gasteiger partial charge in [0.15, 0.2) is 0 Å². The van der Waals surface area contributed by atoms with Crippen LogP contribution in [-0.4, -0.2) is 26.6 Å². The van der Waals surface area contributed by atoms with E-state index in [-0.39, 0.29) is 22.5 Å². The molecule has 0 radical (unpaired) electrons. The fourth-order valence-electron chi connectivity index (χ4n) is 1.61. The van der Waals surface area contributed by atoms with Crippen molar-refractivity contribution < 1.29 is 13.2 Å². The monoisotopic (exact) mass is 333 g/mol. The molecule has 1 rings (SSSR count). The summed E-state index contributed by atoms with van der Waals surface area (Å²) in [6, 6.07) is 3.90. The van der Waals surface area contributed by atoms with Gasteiger partial charge in [0.1, 0.15) is 0 Å². The van der Waals surface area contributed by atoms with Crippen LogP contribution in [0.5, 0.6) is 0 Å². The van der Waals surface area contributed by atoms with E-state index in [0.717, 1.165) is 12.7 Å². The first-order chi connectivity index (χ1) is 9.64. The number of hydrogen-bond acceptors (Lipinski definition) is 4. The zero-order valence-corrected chi connectivity index (χ0v) is 13.8. The number of carbonyl (C=O) groups is 1. The molecule has 0 saturated carbocycles. The number of nitrogens with two attached hydrogens (primary N) is 1. The molecule has 0 aliphatic rings. The van der Waals surface area contributed by atoms with Crippen molar-refractivity contribution in [2.45, 2.75) is 26.3 Å². The van der Waals surface area contributed by atoms with Gasteiger partial charge in [0.2, 0.25) is 15.9 Å². The molecule has 8 heteroatoms. The average molecular weight is 334 g/mol. The van der Waals surface area contributed by atoms with Crippen molar-refractivity contribution in [3.63, 3.8) is 0 Å². The van der Waals surface area contributed by atoms with Crippen molar-refractivity contribution in [2.24, 2.45) is 11.7 Å². The molecule has 4 N–H and O–H groups in total. The van der Waals surface area contributed by atoms with Crippen molar-refractivity contribution in [3.05, 3.63) is 23.2 Å². The highest BCUT2D eigenvalue weighted by Crippen LogP contribution is 2.26. The first-order valence-electron chi connectivity index (χ1n) is 6.47. The number of halogens is 1. The van der Waals surface area contributed by atoms with Gasteiger partial charge in [-0.15, -0.1) is 0 Å². The molecule has 0 aliphatic heterocycles. The Balaban J connectivity index is 2.83. The Bertz CT molecular complexity index is 619. The standard InChI is InChI=1S/C13H20ClN3O3S/c1-4-8(2)12(15)13(18)16-9-5-6-11(10(14)7-9)17-21(3,19)20/h5-8,12,17H,4,15H2,1-3H3,(H,16,18)/t8?,12-/m0/s1. The Labute approximate surface area is 130 Å². The zero-order chi connectivity index (χ0) is 16.2. The highest BCUT2D eigenvalue weighted by atomic mass is 35.5. The first kappa shape index (κ1) is 17.7. The van der Waals surface area contributed by atoms with E-state index >= 15 is 0 Å². The number of hydrogen-bond donors (Lipinski definition) is 3. The molecule has 1 aromatic carbocycles. The maximum absolute atomic E-state index is 11.9. The Morgan fingerprint density at radius 1 is 1.43 bits per heavy atom. The second-order valence-electron chi connectivity index (χ2n) is 4.97. The van der Waals surface area contributed by atoms with Crippen molar-refractivity contribution in [3.8, 4) is 0 Å². The molecule has 1 amide bonds. The lowest BCUT2D eigenvalue weighted by Gasteiger charge is -2.18. The molecule has 0 saturated heterocycles. The molecule has 0 fully saturated rings. The lowest BCUT2D eigenvalue weighted by molar-refractivity contribution is -0.118. The molecule has 6 nitrogen and oxygen atoms in total. The highest BCUT2D eigenvalue weighted by molar-refractivity contribution is 7.92. The molecule has 0 aliphatic carbocycles. The van der Waals surface area contributed by atoms with E-state index in [9.17, 15) is 13.2 Å². The van der Waals surface area contributed by atoms with Gasteiger partial charge < -0.3 is 11.1 Å². The van der Waals surface area contributed by atoms with Gasteiger partial charge in [0, 0.05) is 5.69 Å². The summed E-state index contributed by atoms with van der Waals surface area (Å²) in [6.07, 6.45) is 1.83. The molecule has 118 valence electrons. The van der Waals surface area contributed by atoms with Crippen LogP contribution in [0.3, 0.4) is 0 Å². The zero-order valence-electron chi connectivity index (χ0n) is 12.2. The number of benzene rings is 1. The molecule has 0 spiro atoms. The summed E-state index contributed by atoms with van der Waals surface area (Å²) in [6.45, 7) is 3.86. The summed E-state index contributed by atoms with van der Waals surface area (Å²) in [5.74, 6) is -0.240. The largest absolute Gasteiger partial charge is 0.325 e. The summed E-state index contributed by atoms with van der Waals surface area (Å²) >= 11 is 5.98. The van der Waals surface area contributed by atoms with Crippen LogP contribution in [-0.2, 0) is 14.8 Å². The van der Waals surface area contributed by atoms with E-state index in [1.54, 1.807) is 6.07 Å². The minimum absolute atomic E-state index is 0.0617. The van der Waals surface area contributed by atoms with E-state index in [1.165, 1.54) is 12.1 Å². The SMILES string of the molecule is CCC(C)[C@H](N)C(=O)Nc1ccc(NS(C)(=O)=O)c(Cl)c1. The number of sulfonamides is 1. The Morgan fingerprint density at radius 2 is 2.05 bits per heavy atom. The molecule has 21 heavy (non-hydrogen) atoms. The normalized spacial score (nSPS) is 14.3. The van der Waals surface area contributed by atoms with Crippen LogP contribution in [0.2, 0.25) is 5.02 Å². The number of anilines is 2. The predicted octanol–water partition coefficient (Wildman–Crippen LogP) is 2.02. The molecule has 0 heterocycles. The predicted molar refractivity (Wildman–Crippen MR) is 86.0 cm³/mol. The lowest BCUT2D eigenvalue weighted by Crippen LogP contribution is -2.40. The van der Waals surface area contributed by atoms with Crippen LogP contribution in [0.25, 0.3) is 0 Å².